The first kappa shape index (κ1) is 21.0. The molecule has 2 N–H and O–H groups in total. The second-order valence-corrected chi connectivity index (χ2v) is 8.86. The molecule has 2 amide bonds. The number of alkyl carbamates (subject to hydrolysis) is 1. The van der Waals surface area contributed by atoms with Gasteiger partial charge in [0.2, 0.25) is 0 Å². The van der Waals surface area contributed by atoms with Gasteiger partial charge in [-0.1, -0.05) is 30.3 Å². The SMILES string of the molecule is CC(C)(C)OC(=O)N[C@@H]1C[C@@H]2CN(C(=O)OCc3ccccc3)C[C@@]2(C(=O)O)C1. The molecule has 0 aromatic heterocycles. The van der Waals surface area contributed by atoms with Crippen LogP contribution >= 0.6 is 0 Å². The van der Waals surface area contributed by atoms with Crippen LogP contribution in [-0.4, -0.2) is 52.9 Å². The van der Waals surface area contributed by atoms with Gasteiger partial charge in [0.25, 0.3) is 0 Å². The standard InChI is InChI=1S/C21H28N2O6/c1-20(2,3)29-18(26)22-16-9-15-11-23(13-21(15,10-16)17(24)25)19(27)28-12-14-7-5-4-6-8-14/h4-8,15-16H,9-13H2,1-3H3,(H,22,26)(H,24,25)/t15-,16-,21+/m1/s1. The Morgan fingerprint density at radius 3 is 2.52 bits per heavy atom. The predicted molar refractivity (Wildman–Crippen MR) is 104 cm³/mol. The number of fused-ring (bicyclic) bond motifs is 1. The van der Waals surface area contributed by atoms with Gasteiger partial charge >= 0.3 is 18.2 Å². The summed E-state index contributed by atoms with van der Waals surface area (Å²) in [4.78, 5) is 38.0. The summed E-state index contributed by atoms with van der Waals surface area (Å²) < 4.78 is 10.6. The number of carboxylic acids is 1. The number of amides is 2. The van der Waals surface area contributed by atoms with E-state index in [0.717, 1.165) is 5.56 Å². The van der Waals surface area contributed by atoms with Gasteiger partial charge in [-0.05, 0) is 45.1 Å². The van der Waals surface area contributed by atoms with Gasteiger partial charge in [0.05, 0.1) is 5.41 Å². The molecule has 8 heteroatoms. The molecule has 8 nitrogen and oxygen atoms in total. The molecule has 0 spiro atoms. The van der Waals surface area contributed by atoms with Crippen molar-refractivity contribution in [3.63, 3.8) is 0 Å². The number of carboxylic acid groups (broad SMARTS) is 1. The third-order valence-electron chi connectivity index (χ3n) is 5.49. The number of hydrogen-bond donors (Lipinski definition) is 2. The molecule has 3 atom stereocenters. The lowest BCUT2D eigenvalue weighted by Crippen LogP contribution is -2.42. The molecule has 3 rings (SSSR count). The highest BCUT2D eigenvalue weighted by Crippen LogP contribution is 2.49. The van der Waals surface area contributed by atoms with Crippen LogP contribution in [0.15, 0.2) is 30.3 Å². The fraction of sp³-hybridized carbons (Fsp3) is 0.571. The summed E-state index contributed by atoms with van der Waals surface area (Å²) in [5, 5.41) is 12.7. The molecule has 158 valence electrons. The van der Waals surface area contributed by atoms with E-state index in [1.807, 2.05) is 30.3 Å². The van der Waals surface area contributed by atoms with E-state index in [9.17, 15) is 19.5 Å². The number of hydrogen-bond acceptors (Lipinski definition) is 5. The van der Waals surface area contributed by atoms with Crippen LogP contribution in [0.5, 0.6) is 0 Å². The summed E-state index contributed by atoms with van der Waals surface area (Å²) in [5.41, 5.74) is -0.830. The van der Waals surface area contributed by atoms with Gasteiger partial charge in [-0.3, -0.25) is 4.79 Å². The van der Waals surface area contributed by atoms with Crippen LogP contribution in [-0.2, 0) is 20.9 Å². The van der Waals surface area contributed by atoms with Crippen molar-refractivity contribution in [3.05, 3.63) is 35.9 Å². The van der Waals surface area contributed by atoms with Crippen molar-refractivity contribution in [1.82, 2.24) is 10.2 Å². The van der Waals surface area contributed by atoms with Crippen LogP contribution in [0, 0.1) is 11.3 Å². The van der Waals surface area contributed by atoms with Crippen molar-refractivity contribution in [3.8, 4) is 0 Å². The molecule has 29 heavy (non-hydrogen) atoms. The zero-order valence-electron chi connectivity index (χ0n) is 17.0. The third-order valence-corrected chi connectivity index (χ3v) is 5.49. The molecular weight excluding hydrogens is 376 g/mol. The van der Waals surface area contributed by atoms with Gasteiger partial charge in [0, 0.05) is 19.1 Å². The molecule has 1 aliphatic heterocycles. The van der Waals surface area contributed by atoms with Crippen LogP contribution in [0.25, 0.3) is 0 Å². The first-order valence-electron chi connectivity index (χ1n) is 9.77. The Hall–Kier alpha value is -2.77. The Bertz CT molecular complexity index is 775. The molecule has 1 aliphatic carbocycles. The molecule has 1 saturated carbocycles. The first-order chi connectivity index (χ1) is 13.6. The molecule has 1 aromatic carbocycles. The maximum Gasteiger partial charge on any atom is 0.410 e. The van der Waals surface area contributed by atoms with Crippen LogP contribution in [0.1, 0.15) is 39.2 Å². The fourth-order valence-corrected chi connectivity index (χ4v) is 4.24. The highest BCUT2D eigenvalue weighted by molar-refractivity contribution is 5.79. The van der Waals surface area contributed by atoms with Gasteiger partial charge in [0.1, 0.15) is 12.2 Å². The van der Waals surface area contributed by atoms with E-state index in [-0.39, 0.29) is 31.5 Å². The fourth-order valence-electron chi connectivity index (χ4n) is 4.24. The average molecular weight is 404 g/mol. The Kier molecular flexibility index (Phi) is 5.73. The number of nitrogens with one attached hydrogen (secondary N) is 1. The van der Waals surface area contributed by atoms with E-state index in [1.165, 1.54) is 4.90 Å². The number of aliphatic carboxylic acids is 1. The minimum absolute atomic E-state index is 0.0765. The smallest absolute Gasteiger partial charge is 0.410 e. The van der Waals surface area contributed by atoms with E-state index < -0.39 is 29.2 Å². The molecule has 2 aliphatic rings. The maximum atomic E-state index is 12.5. The summed E-state index contributed by atoms with van der Waals surface area (Å²) in [7, 11) is 0. The summed E-state index contributed by atoms with van der Waals surface area (Å²) in [6, 6.07) is 9.02. The molecule has 0 unspecified atom stereocenters. The summed E-state index contributed by atoms with van der Waals surface area (Å²) in [6.07, 6.45) is -0.328. The summed E-state index contributed by atoms with van der Waals surface area (Å²) >= 11 is 0. The Morgan fingerprint density at radius 1 is 1.24 bits per heavy atom. The number of rotatable bonds is 4. The summed E-state index contributed by atoms with van der Waals surface area (Å²) in [6.45, 7) is 5.83. The number of nitrogens with zero attached hydrogens (tertiary/aromatic N) is 1. The van der Waals surface area contributed by atoms with Crippen molar-refractivity contribution < 1.29 is 29.0 Å². The maximum absolute atomic E-state index is 12.5. The predicted octanol–water partition coefficient (Wildman–Crippen LogP) is 3.01. The first-order valence-corrected chi connectivity index (χ1v) is 9.77. The van der Waals surface area contributed by atoms with E-state index >= 15 is 0 Å². The molecular formula is C21H28N2O6. The Balaban J connectivity index is 1.59. The van der Waals surface area contributed by atoms with E-state index in [0.29, 0.717) is 13.0 Å². The number of carbonyl (C=O) groups is 3. The monoisotopic (exact) mass is 404 g/mol. The molecule has 1 saturated heterocycles. The topological polar surface area (TPSA) is 105 Å². The Labute approximate surface area is 170 Å². The van der Waals surface area contributed by atoms with E-state index in [1.54, 1.807) is 20.8 Å². The molecule has 1 heterocycles. The molecule has 0 bridgehead atoms. The zero-order chi connectivity index (χ0) is 21.2. The van der Waals surface area contributed by atoms with Gasteiger partial charge < -0.3 is 24.8 Å². The van der Waals surface area contributed by atoms with E-state index in [4.69, 9.17) is 9.47 Å². The van der Waals surface area contributed by atoms with Gasteiger partial charge in [-0.25, -0.2) is 9.59 Å². The minimum atomic E-state index is -1.08. The van der Waals surface area contributed by atoms with Gasteiger partial charge in [0.15, 0.2) is 0 Å². The second kappa shape index (κ2) is 7.93. The lowest BCUT2D eigenvalue weighted by molar-refractivity contribution is -0.149. The van der Waals surface area contributed by atoms with Crippen LogP contribution in [0.3, 0.4) is 0 Å². The number of ether oxygens (including phenoxy) is 2. The third kappa shape index (κ3) is 4.81. The second-order valence-electron chi connectivity index (χ2n) is 8.86. The lowest BCUT2D eigenvalue weighted by atomic mass is 9.81. The largest absolute Gasteiger partial charge is 0.481 e. The quantitative estimate of drug-likeness (QED) is 0.799. The van der Waals surface area contributed by atoms with Crippen molar-refractivity contribution in [2.24, 2.45) is 11.3 Å². The number of likely N-dealkylation sites (tertiary alicyclic amines) is 1. The molecule has 1 aromatic rings. The highest BCUT2D eigenvalue weighted by atomic mass is 16.6. The van der Waals surface area contributed by atoms with Crippen LogP contribution in [0.4, 0.5) is 9.59 Å². The normalized spacial score (nSPS) is 26.0. The van der Waals surface area contributed by atoms with Gasteiger partial charge in [-0.15, -0.1) is 0 Å². The molecule has 2 fully saturated rings. The van der Waals surface area contributed by atoms with Gasteiger partial charge in [-0.2, -0.15) is 0 Å². The summed E-state index contributed by atoms with van der Waals surface area (Å²) in [5.74, 6) is -1.20. The van der Waals surface area contributed by atoms with Crippen molar-refractivity contribution >= 4 is 18.2 Å². The van der Waals surface area contributed by atoms with Crippen LogP contribution in [0.2, 0.25) is 0 Å². The minimum Gasteiger partial charge on any atom is -0.481 e. The van der Waals surface area contributed by atoms with Crippen LogP contribution < -0.4 is 5.32 Å². The highest BCUT2D eigenvalue weighted by Gasteiger charge is 2.59. The van der Waals surface area contributed by atoms with Crippen molar-refractivity contribution in [2.75, 3.05) is 13.1 Å². The zero-order valence-corrected chi connectivity index (χ0v) is 17.0. The van der Waals surface area contributed by atoms with Crippen molar-refractivity contribution in [2.45, 2.75) is 51.9 Å². The van der Waals surface area contributed by atoms with Crippen molar-refractivity contribution in [1.29, 1.82) is 0 Å². The average Bonchev–Trinajstić information content (AvgIpc) is 3.14. The number of carbonyl (C=O) groups excluding carboxylic acids is 2. The number of benzene rings is 1. The Morgan fingerprint density at radius 2 is 1.93 bits per heavy atom. The molecule has 0 radical (unpaired) electrons. The lowest BCUT2D eigenvalue weighted by Gasteiger charge is -2.25. The van der Waals surface area contributed by atoms with E-state index in [2.05, 4.69) is 5.32 Å².